The number of halogens is 3. The second-order valence-corrected chi connectivity index (χ2v) is 9.75. The molecule has 5 atom stereocenters. The molecule has 0 radical (unpaired) electrons. The van der Waals surface area contributed by atoms with E-state index in [1.165, 1.54) is 6.33 Å². The number of aliphatic hydroxyl groups excluding tert-OH is 1. The number of aryl methyl sites for hydroxylation is 1. The van der Waals surface area contributed by atoms with Crippen molar-refractivity contribution in [2.24, 2.45) is 5.92 Å². The number of fused-ring (bicyclic) bond motifs is 3. The summed E-state index contributed by atoms with van der Waals surface area (Å²) in [7, 11) is 0. The molecule has 4 aromatic rings. The fourth-order valence-electron chi connectivity index (χ4n) is 5.75. The molecule has 0 amide bonds. The third-order valence-electron chi connectivity index (χ3n) is 7.60. The molecule has 1 saturated heterocycles. The van der Waals surface area contributed by atoms with Gasteiger partial charge in [0.25, 0.3) is 0 Å². The second kappa shape index (κ2) is 7.86. The van der Waals surface area contributed by atoms with E-state index in [2.05, 4.69) is 15.0 Å². The smallest absolute Gasteiger partial charge is 0.385 e. The molecule has 8 nitrogen and oxygen atoms in total. The SMILES string of the molecule is Cc1ncnc2c1ccn2[C@@H]1O[C@@H]2[C@H](Cc3ccc4cc(C(F)(F)F)c(N)nc4c3)CC[C@]2(O)[C@H]1O. The molecule has 1 aromatic carbocycles. The molecule has 2 fully saturated rings. The van der Waals surface area contributed by atoms with Gasteiger partial charge in [-0.1, -0.05) is 12.1 Å². The maximum absolute atomic E-state index is 13.2. The molecule has 36 heavy (non-hydrogen) atoms. The van der Waals surface area contributed by atoms with Gasteiger partial charge >= 0.3 is 6.18 Å². The lowest BCUT2D eigenvalue weighted by atomic mass is 9.90. The number of anilines is 1. The van der Waals surface area contributed by atoms with E-state index in [4.69, 9.17) is 10.5 Å². The Balaban J connectivity index is 1.28. The predicted octanol–water partition coefficient (Wildman–Crippen LogP) is 3.53. The largest absolute Gasteiger partial charge is 0.419 e. The Morgan fingerprint density at radius 1 is 1.22 bits per heavy atom. The number of alkyl halides is 3. The van der Waals surface area contributed by atoms with Gasteiger partial charge in [0.15, 0.2) is 6.23 Å². The van der Waals surface area contributed by atoms with E-state index in [9.17, 15) is 23.4 Å². The third-order valence-corrected chi connectivity index (χ3v) is 7.60. The van der Waals surface area contributed by atoms with Crippen LogP contribution in [0.3, 0.4) is 0 Å². The summed E-state index contributed by atoms with van der Waals surface area (Å²) >= 11 is 0. The maximum atomic E-state index is 13.2. The van der Waals surface area contributed by atoms with Crippen molar-refractivity contribution in [1.29, 1.82) is 0 Å². The zero-order chi connectivity index (χ0) is 25.4. The van der Waals surface area contributed by atoms with Crippen LogP contribution >= 0.6 is 0 Å². The van der Waals surface area contributed by atoms with Gasteiger partial charge in [-0.15, -0.1) is 0 Å². The minimum absolute atomic E-state index is 0.114. The van der Waals surface area contributed by atoms with Crippen LogP contribution in [0.2, 0.25) is 0 Å². The molecule has 2 aliphatic rings. The first-order valence-corrected chi connectivity index (χ1v) is 11.7. The van der Waals surface area contributed by atoms with Gasteiger partial charge in [0, 0.05) is 17.0 Å². The summed E-state index contributed by atoms with van der Waals surface area (Å²) in [4.78, 5) is 12.5. The summed E-state index contributed by atoms with van der Waals surface area (Å²) in [5.41, 5.74) is 5.81. The summed E-state index contributed by atoms with van der Waals surface area (Å²) in [6.45, 7) is 1.87. The van der Waals surface area contributed by atoms with Crippen LogP contribution in [0.1, 0.15) is 35.9 Å². The Kier molecular flexibility index (Phi) is 5.05. The second-order valence-electron chi connectivity index (χ2n) is 9.75. The van der Waals surface area contributed by atoms with Crippen molar-refractivity contribution < 1.29 is 28.1 Å². The van der Waals surface area contributed by atoms with Gasteiger partial charge < -0.3 is 25.3 Å². The number of hydrogen-bond acceptors (Lipinski definition) is 7. The van der Waals surface area contributed by atoms with Crippen LogP contribution in [0.4, 0.5) is 19.0 Å². The fraction of sp³-hybridized carbons (Fsp3) is 0.400. The third kappa shape index (κ3) is 3.45. The first kappa shape index (κ1) is 23.1. The topological polar surface area (TPSA) is 119 Å². The molecule has 1 saturated carbocycles. The van der Waals surface area contributed by atoms with Crippen molar-refractivity contribution >= 4 is 27.8 Å². The van der Waals surface area contributed by atoms with Crippen molar-refractivity contribution in [3.63, 3.8) is 0 Å². The highest BCUT2D eigenvalue weighted by Crippen LogP contribution is 2.50. The Morgan fingerprint density at radius 2 is 2.03 bits per heavy atom. The molecule has 4 heterocycles. The number of aliphatic hydroxyl groups is 2. The predicted molar refractivity (Wildman–Crippen MR) is 125 cm³/mol. The molecular formula is C25H24F3N5O3. The van der Waals surface area contributed by atoms with Crippen molar-refractivity contribution in [1.82, 2.24) is 19.5 Å². The summed E-state index contributed by atoms with van der Waals surface area (Å²) in [6.07, 6.45) is -2.46. The van der Waals surface area contributed by atoms with Crippen molar-refractivity contribution in [2.45, 2.75) is 56.4 Å². The molecule has 1 aliphatic carbocycles. The number of nitrogens with two attached hydrogens (primary N) is 1. The molecule has 1 aliphatic heterocycles. The number of benzene rings is 1. The first-order valence-electron chi connectivity index (χ1n) is 11.7. The Labute approximate surface area is 203 Å². The van der Waals surface area contributed by atoms with Gasteiger partial charge in [-0.3, -0.25) is 0 Å². The average molecular weight is 499 g/mol. The number of aromatic nitrogens is 4. The van der Waals surface area contributed by atoms with E-state index in [1.807, 2.05) is 13.0 Å². The molecule has 188 valence electrons. The number of hydrogen-bond donors (Lipinski definition) is 3. The maximum Gasteiger partial charge on any atom is 0.419 e. The van der Waals surface area contributed by atoms with E-state index in [0.29, 0.717) is 35.8 Å². The Hall–Kier alpha value is -3.28. The molecule has 0 bridgehead atoms. The van der Waals surface area contributed by atoms with Crippen LogP contribution in [0.25, 0.3) is 21.9 Å². The average Bonchev–Trinajstić information content (AvgIpc) is 3.45. The van der Waals surface area contributed by atoms with Crippen LogP contribution in [0, 0.1) is 12.8 Å². The zero-order valence-electron chi connectivity index (χ0n) is 19.3. The van der Waals surface area contributed by atoms with E-state index in [0.717, 1.165) is 22.7 Å². The molecule has 11 heteroatoms. The summed E-state index contributed by atoms with van der Waals surface area (Å²) in [5.74, 6) is -0.678. The van der Waals surface area contributed by atoms with Crippen molar-refractivity contribution in [3.05, 3.63) is 59.7 Å². The fourth-order valence-corrected chi connectivity index (χ4v) is 5.75. The van der Waals surface area contributed by atoms with E-state index >= 15 is 0 Å². The van der Waals surface area contributed by atoms with Crippen LogP contribution in [-0.2, 0) is 17.3 Å². The monoisotopic (exact) mass is 499 g/mol. The lowest BCUT2D eigenvalue weighted by Crippen LogP contribution is -2.45. The van der Waals surface area contributed by atoms with Crippen LogP contribution in [0.5, 0.6) is 0 Å². The van der Waals surface area contributed by atoms with Gasteiger partial charge in [-0.05, 0) is 55.9 Å². The molecular weight excluding hydrogens is 475 g/mol. The van der Waals surface area contributed by atoms with Gasteiger partial charge in [-0.25, -0.2) is 15.0 Å². The lowest BCUT2D eigenvalue weighted by molar-refractivity contribution is -0.137. The quantitative estimate of drug-likeness (QED) is 0.395. The molecule has 0 spiro atoms. The number of nitrogen functional groups attached to an aromatic ring is 1. The van der Waals surface area contributed by atoms with Crippen LogP contribution in [-0.4, -0.2) is 47.5 Å². The summed E-state index contributed by atoms with van der Waals surface area (Å²) in [5, 5.41) is 23.7. The van der Waals surface area contributed by atoms with E-state index in [1.54, 1.807) is 29.0 Å². The summed E-state index contributed by atoms with van der Waals surface area (Å²) in [6, 6.07) is 7.91. The standard InChI is InChI=1S/C25H24F3N5O3/c1-12-16-5-7-33(22(16)31-11-30-12)23-19(34)24(35)6-4-15(20(24)36-23)8-13-2-3-14-10-17(25(26,27)28)21(29)32-18(14)9-13/h2-3,5,7,9-11,15,19-20,23,34-35H,4,6,8H2,1H3,(H2,29,32)/t15-,19-,20+,23+,24-/m0/s1. The number of rotatable bonds is 3. The van der Waals surface area contributed by atoms with Gasteiger partial charge in [0.1, 0.15) is 29.5 Å². The lowest BCUT2D eigenvalue weighted by Gasteiger charge is -2.26. The van der Waals surface area contributed by atoms with Crippen molar-refractivity contribution in [2.75, 3.05) is 5.73 Å². The van der Waals surface area contributed by atoms with Gasteiger partial charge in [0.2, 0.25) is 0 Å². The highest BCUT2D eigenvalue weighted by Gasteiger charge is 2.61. The molecule has 3 aromatic heterocycles. The Morgan fingerprint density at radius 3 is 2.81 bits per heavy atom. The minimum Gasteiger partial charge on any atom is -0.385 e. The minimum atomic E-state index is -4.58. The van der Waals surface area contributed by atoms with Crippen LogP contribution < -0.4 is 5.73 Å². The Bertz CT molecular complexity index is 1490. The summed E-state index contributed by atoms with van der Waals surface area (Å²) < 4.78 is 47.5. The number of ether oxygens (including phenoxy) is 1. The van der Waals surface area contributed by atoms with Gasteiger partial charge in [0.05, 0.1) is 22.9 Å². The first-order chi connectivity index (χ1) is 17.1. The van der Waals surface area contributed by atoms with Gasteiger partial charge in [-0.2, -0.15) is 13.2 Å². The van der Waals surface area contributed by atoms with Crippen molar-refractivity contribution in [3.8, 4) is 0 Å². The zero-order valence-corrected chi connectivity index (χ0v) is 19.3. The molecule has 4 N–H and O–H groups in total. The number of pyridine rings is 1. The highest BCUT2D eigenvalue weighted by atomic mass is 19.4. The van der Waals surface area contributed by atoms with E-state index in [-0.39, 0.29) is 5.92 Å². The van der Waals surface area contributed by atoms with Crippen LogP contribution in [0.15, 0.2) is 42.9 Å². The van der Waals surface area contributed by atoms with E-state index < -0.39 is 41.6 Å². The number of nitrogens with zero attached hydrogens (tertiary/aromatic N) is 4. The molecule has 0 unspecified atom stereocenters. The molecule has 6 rings (SSSR count). The normalized spacial score (nSPS) is 28.3. The highest BCUT2D eigenvalue weighted by molar-refractivity contribution is 5.82.